The summed E-state index contributed by atoms with van der Waals surface area (Å²) >= 11 is 0. The predicted octanol–water partition coefficient (Wildman–Crippen LogP) is 0.845. The molecule has 0 saturated heterocycles. The summed E-state index contributed by atoms with van der Waals surface area (Å²) in [7, 11) is 3.95. The van der Waals surface area contributed by atoms with Crippen molar-refractivity contribution in [2.75, 3.05) is 20.6 Å². The maximum absolute atomic E-state index is 4.18. The fourth-order valence-corrected chi connectivity index (χ4v) is 0.728. The van der Waals surface area contributed by atoms with Crippen molar-refractivity contribution in [2.24, 2.45) is 5.11 Å². The van der Waals surface area contributed by atoms with E-state index in [1.54, 1.807) is 0 Å². The molecular weight excluding hydrogens is 114 g/mol. The van der Waals surface area contributed by atoms with Crippen LogP contribution < -0.4 is 0 Å². The normalized spacial score (nSPS) is 19.2. The predicted molar refractivity (Wildman–Crippen MR) is 35.0 cm³/mol. The van der Waals surface area contributed by atoms with E-state index in [4.69, 9.17) is 0 Å². The summed E-state index contributed by atoms with van der Waals surface area (Å²) in [6.07, 6.45) is 2.10. The molecule has 1 rings (SSSR count). The maximum Gasteiger partial charge on any atom is 0.191 e. The Hall–Kier alpha value is -0.860. The summed E-state index contributed by atoms with van der Waals surface area (Å²) < 4.78 is 0. The van der Waals surface area contributed by atoms with Crippen LogP contribution in [0.15, 0.2) is 16.9 Å². The number of hydrazine groups is 1. The van der Waals surface area contributed by atoms with E-state index >= 15 is 0 Å². The van der Waals surface area contributed by atoms with Gasteiger partial charge in [-0.15, -0.1) is 0 Å². The molecule has 0 atom stereocenters. The van der Waals surface area contributed by atoms with Gasteiger partial charge >= 0.3 is 0 Å². The van der Waals surface area contributed by atoms with E-state index in [9.17, 15) is 0 Å². The third-order valence-electron chi connectivity index (χ3n) is 1.45. The van der Waals surface area contributed by atoms with Gasteiger partial charge in [-0.1, -0.05) is 0 Å². The minimum atomic E-state index is 0.964. The molecule has 0 aliphatic carbocycles. The van der Waals surface area contributed by atoms with Crippen LogP contribution in [-0.2, 0) is 0 Å². The van der Waals surface area contributed by atoms with E-state index < -0.39 is 0 Å². The van der Waals surface area contributed by atoms with Crippen molar-refractivity contribution in [1.82, 2.24) is 5.01 Å². The number of hydrogen-bond acceptors (Lipinski definition) is 2. The number of rotatable bonds is 0. The Morgan fingerprint density at radius 2 is 2.44 bits per heavy atom. The second kappa shape index (κ2) is 2.17. The molecule has 9 heavy (non-hydrogen) atoms. The fraction of sp³-hybridized carbons (Fsp3) is 0.667. The summed E-state index contributed by atoms with van der Waals surface area (Å²) in [6.45, 7) is 2.97. The van der Waals surface area contributed by atoms with E-state index in [-0.39, 0.29) is 0 Å². The molecule has 0 aromatic heterocycles. The van der Waals surface area contributed by atoms with Crippen LogP contribution in [0.2, 0.25) is 0 Å². The third kappa shape index (κ3) is 1.28. The van der Waals surface area contributed by atoms with Crippen molar-refractivity contribution < 1.29 is 4.81 Å². The van der Waals surface area contributed by atoms with Crippen LogP contribution in [0.25, 0.3) is 0 Å². The van der Waals surface area contributed by atoms with Crippen LogP contribution in [0.4, 0.5) is 0 Å². The average Bonchev–Trinajstić information content (AvgIpc) is 1.80. The van der Waals surface area contributed by atoms with Crippen LogP contribution in [0.3, 0.4) is 0 Å². The molecule has 0 saturated carbocycles. The van der Waals surface area contributed by atoms with Crippen LogP contribution in [0, 0.1) is 0 Å². The van der Waals surface area contributed by atoms with Crippen LogP contribution in [0.1, 0.15) is 6.92 Å². The molecule has 1 aliphatic heterocycles. The lowest BCUT2D eigenvalue weighted by atomic mass is 10.4. The lowest BCUT2D eigenvalue weighted by Crippen LogP contribution is -2.29. The van der Waals surface area contributed by atoms with Gasteiger partial charge in [0.2, 0.25) is 0 Å². The molecule has 0 N–H and O–H groups in total. The molecule has 1 heterocycles. The second-order valence-corrected chi connectivity index (χ2v) is 2.28. The van der Waals surface area contributed by atoms with Gasteiger partial charge in [0.1, 0.15) is 5.70 Å². The topological polar surface area (TPSA) is 18.6 Å². The van der Waals surface area contributed by atoms with Crippen LogP contribution in [0.5, 0.6) is 0 Å². The van der Waals surface area contributed by atoms with E-state index in [2.05, 4.69) is 11.2 Å². The summed E-state index contributed by atoms with van der Waals surface area (Å²) in [5.41, 5.74) is 1.09. The average molecular weight is 126 g/mol. The van der Waals surface area contributed by atoms with Gasteiger partial charge in [0.25, 0.3) is 0 Å². The quantitative estimate of drug-likeness (QED) is 0.440. The monoisotopic (exact) mass is 126 g/mol. The van der Waals surface area contributed by atoms with Crippen molar-refractivity contribution in [3.05, 3.63) is 11.8 Å². The number of hydrogen-bond donors (Lipinski definition) is 0. The highest BCUT2D eigenvalue weighted by Crippen LogP contribution is 2.02. The van der Waals surface area contributed by atoms with Gasteiger partial charge in [-0.2, -0.15) is 5.01 Å². The lowest BCUT2D eigenvalue weighted by molar-refractivity contribution is -0.715. The van der Waals surface area contributed by atoms with Crippen molar-refractivity contribution in [1.29, 1.82) is 0 Å². The van der Waals surface area contributed by atoms with Gasteiger partial charge in [-0.3, -0.25) is 0 Å². The first-order chi connectivity index (χ1) is 4.20. The first-order valence-electron chi connectivity index (χ1n) is 3.03. The van der Waals surface area contributed by atoms with Gasteiger partial charge in [-0.05, 0) is 17.8 Å². The molecule has 0 aromatic carbocycles. The zero-order valence-corrected chi connectivity index (χ0v) is 6.13. The van der Waals surface area contributed by atoms with Gasteiger partial charge < -0.3 is 0 Å². The highest BCUT2D eigenvalue weighted by Gasteiger charge is 2.10. The molecule has 0 radical (unpaired) electrons. The SMILES string of the molecule is CC1=CCN(C)[N+](C)=N1. The highest BCUT2D eigenvalue weighted by atomic mass is 15.6. The summed E-state index contributed by atoms with van der Waals surface area (Å²) in [6, 6.07) is 0. The second-order valence-electron chi connectivity index (χ2n) is 2.28. The Morgan fingerprint density at radius 1 is 1.78 bits per heavy atom. The molecule has 3 heteroatoms. The smallest absolute Gasteiger partial charge is 0.161 e. The molecule has 0 bridgehead atoms. The van der Waals surface area contributed by atoms with Gasteiger partial charge in [-0.25, -0.2) is 0 Å². The minimum absolute atomic E-state index is 0.964. The van der Waals surface area contributed by atoms with Crippen LogP contribution in [-0.4, -0.2) is 30.5 Å². The molecular formula is C6H12N3+. The van der Waals surface area contributed by atoms with Crippen molar-refractivity contribution >= 4 is 0 Å². The summed E-state index contributed by atoms with van der Waals surface area (Å²) in [5.74, 6) is 0. The molecule has 0 fully saturated rings. The highest BCUT2D eigenvalue weighted by molar-refractivity contribution is 4.95. The number of allylic oxidation sites excluding steroid dienone is 1. The first-order valence-corrected chi connectivity index (χ1v) is 3.03. The summed E-state index contributed by atoms with van der Waals surface area (Å²) in [4.78, 5) is 1.84. The molecule has 1 aliphatic rings. The molecule has 0 unspecified atom stereocenters. The number of azo groups is 1. The zero-order chi connectivity index (χ0) is 6.85. The largest absolute Gasteiger partial charge is 0.191 e. The Morgan fingerprint density at radius 3 is 2.89 bits per heavy atom. The Kier molecular flexibility index (Phi) is 1.51. The number of nitrogens with zero attached hydrogens (tertiary/aromatic N) is 3. The van der Waals surface area contributed by atoms with Gasteiger partial charge in [0, 0.05) is 5.11 Å². The lowest BCUT2D eigenvalue weighted by Gasteiger charge is -2.11. The van der Waals surface area contributed by atoms with E-state index in [1.807, 2.05) is 30.8 Å². The molecule has 3 nitrogen and oxygen atoms in total. The third-order valence-corrected chi connectivity index (χ3v) is 1.45. The first kappa shape index (κ1) is 6.26. The Labute approximate surface area is 55.3 Å². The van der Waals surface area contributed by atoms with Crippen molar-refractivity contribution in [3.63, 3.8) is 0 Å². The van der Waals surface area contributed by atoms with Crippen molar-refractivity contribution in [3.8, 4) is 0 Å². The molecule has 0 amide bonds. The Balaban J connectivity index is 2.74. The van der Waals surface area contributed by atoms with E-state index in [0.717, 1.165) is 12.2 Å². The molecule has 50 valence electrons. The Bertz CT molecular complexity index is 169. The fourth-order valence-electron chi connectivity index (χ4n) is 0.728. The van der Waals surface area contributed by atoms with Gasteiger partial charge in [0.15, 0.2) is 7.05 Å². The molecule has 0 spiro atoms. The van der Waals surface area contributed by atoms with E-state index in [1.165, 1.54) is 0 Å². The minimum Gasteiger partial charge on any atom is -0.161 e. The molecule has 0 aromatic rings. The van der Waals surface area contributed by atoms with Gasteiger partial charge in [0.05, 0.1) is 13.6 Å². The van der Waals surface area contributed by atoms with Crippen LogP contribution >= 0.6 is 0 Å². The van der Waals surface area contributed by atoms with Crippen molar-refractivity contribution in [2.45, 2.75) is 6.92 Å². The summed E-state index contributed by atoms with van der Waals surface area (Å²) in [5, 5.41) is 6.22. The van der Waals surface area contributed by atoms with E-state index in [0.29, 0.717) is 0 Å². The standard InChI is InChI=1S/C6H12N3/c1-6-4-5-8(2)9(3)7-6/h4H,5H2,1-3H3/q+1. The maximum atomic E-state index is 4.18. The zero-order valence-electron chi connectivity index (χ0n) is 6.13. The number of likely N-dealkylation sites (N-methyl/N-ethyl adjacent to an activating group) is 1.